The van der Waals surface area contributed by atoms with E-state index in [9.17, 15) is 0 Å². The van der Waals surface area contributed by atoms with Crippen LogP contribution in [0.3, 0.4) is 0 Å². The molecule has 0 atom stereocenters. The lowest BCUT2D eigenvalue weighted by atomic mass is 10.2. The van der Waals surface area contributed by atoms with Crippen LogP contribution in [0.25, 0.3) is 27.5 Å². The van der Waals surface area contributed by atoms with Crippen molar-refractivity contribution in [3.05, 3.63) is 96.2 Å². The number of thioether (sulfide) groups is 1. The molecule has 0 saturated carbocycles. The van der Waals surface area contributed by atoms with Gasteiger partial charge in [-0.15, -0.1) is 23.4 Å². The highest BCUT2D eigenvalue weighted by atomic mass is 35.5. The SMILES string of the molecule is CC(C)(C)Sc1cc2cc(OCc3ccc4ccccc4n3)ccc2n1-c1ccc(CCl)cc1. The second-order valence-electron chi connectivity index (χ2n) is 9.34. The van der Waals surface area contributed by atoms with E-state index in [1.807, 2.05) is 42.1 Å². The molecule has 2 aromatic heterocycles. The molecule has 0 amide bonds. The topological polar surface area (TPSA) is 27.1 Å². The fourth-order valence-electron chi connectivity index (χ4n) is 3.99. The smallest absolute Gasteiger partial charge is 0.130 e. The van der Waals surface area contributed by atoms with Gasteiger partial charge in [0.05, 0.1) is 21.8 Å². The van der Waals surface area contributed by atoms with Gasteiger partial charge in [0.2, 0.25) is 0 Å². The molecule has 5 heteroatoms. The maximum atomic E-state index is 6.14. The van der Waals surface area contributed by atoms with Gasteiger partial charge in [-0.3, -0.25) is 0 Å². The minimum atomic E-state index is 0.0866. The van der Waals surface area contributed by atoms with Crippen molar-refractivity contribution in [2.24, 2.45) is 0 Å². The van der Waals surface area contributed by atoms with Gasteiger partial charge in [-0.2, -0.15) is 0 Å². The Hall–Kier alpha value is -2.95. The van der Waals surface area contributed by atoms with E-state index in [2.05, 4.69) is 79.9 Å². The zero-order valence-corrected chi connectivity index (χ0v) is 21.2. The van der Waals surface area contributed by atoms with E-state index >= 15 is 0 Å². The van der Waals surface area contributed by atoms with E-state index in [-0.39, 0.29) is 4.75 Å². The number of benzene rings is 3. The van der Waals surface area contributed by atoms with Crippen LogP contribution in [-0.2, 0) is 12.5 Å². The van der Waals surface area contributed by atoms with Crippen LogP contribution in [0.1, 0.15) is 32.0 Å². The summed E-state index contributed by atoms with van der Waals surface area (Å²) in [7, 11) is 0. The Morgan fingerprint density at radius 3 is 2.44 bits per heavy atom. The average molecular weight is 487 g/mol. The normalized spacial score (nSPS) is 11.9. The van der Waals surface area contributed by atoms with E-state index in [4.69, 9.17) is 21.3 Å². The Labute approximate surface area is 209 Å². The molecule has 172 valence electrons. The number of rotatable bonds is 6. The third kappa shape index (κ3) is 4.94. The summed E-state index contributed by atoms with van der Waals surface area (Å²) in [6.07, 6.45) is 0. The Morgan fingerprint density at radius 2 is 1.68 bits per heavy atom. The number of hydrogen-bond donors (Lipinski definition) is 0. The molecular formula is C29H27ClN2OS. The molecule has 5 aromatic rings. The number of ether oxygens (including phenoxy) is 1. The number of aromatic nitrogens is 2. The predicted octanol–water partition coefficient (Wildman–Crippen LogP) is 8.39. The highest BCUT2D eigenvalue weighted by Crippen LogP contribution is 2.38. The van der Waals surface area contributed by atoms with Crippen molar-refractivity contribution < 1.29 is 4.74 Å². The third-order valence-electron chi connectivity index (χ3n) is 5.54. The highest BCUT2D eigenvalue weighted by Gasteiger charge is 2.19. The van der Waals surface area contributed by atoms with Gasteiger partial charge in [-0.25, -0.2) is 4.98 Å². The Kier molecular flexibility index (Phi) is 6.28. The molecule has 0 spiro atoms. The van der Waals surface area contributed by atoms with Gasteiger partial charge < -0.3 is 9.30 Å². The van der Waals surface area contributed by atoms with E-state index in [0.717, 1.165) is 44.5 Å². The molecule has 3 aromatic carbocycles. The Bertz CT molecular complexity index is 1450. The first kappa shape index (κ1) is 22.8. The second-order valence-corrected chi connectivity index (χ2v) is 11.5. The molecule has 0 radical (unpaired) electrons. The minimum absolute atomic E-state index is 0.0866. The fourth-order valence-corrected chi connectivity index (χ4v) is 5.28. The molecule has 5 rings (SSSR count). The molecule has 0 fully saturated rings. The molecule has 0 bridgehead atoms. The van der Waals surface area contributed by atoms with Gasteiger partial charge in [0.15, 0.2) is 0 Å². The number of para-hydroxylation sites is 1. The molecule has 3 nitrogen and oxygen atoms in total. The van der Waals surface area contributed by atoms with E-state index in [1.165, 1.54) is 5.03 Å². The summed E-state index contributed by atoms with van der Waals surface area (Å²) >= 11 is 7.87. The number of nitrogens with zero attached hydrogens (tertiary/aromatic N) is 2. The summed E-state index contributed by atoms with van der Waals surface area (Å²) in [5.74, 6) is 1.35. The van der Waals surface area contributed by atoms with E-state index in [0.29, 0.717) is 12.5 Å². The zero-order valence-electron chi connectivity index (χ0n) is 19.6. The molecular weight excluding hydrogens is 460 g/mol. The average Bonchev–Trinajstić information content (AvgIpc) is 3.18. The molecule has 34 heavy (non-hydrogen) atoms. The molecule has 0 aliphatic heterocycles. The highest BCUT2D eigenvalue weighted by molar-refractivity contribution is 8.00. The Balaban J connectivity index is 1.46. The van der Waals surface area contributed by atoms with Crippen molar-refractivity contribution in [1.29, 1.82) is 0 Å². The van der Waals surface area contributed by atoms with Crippen molar-refractivity contribution in [1.82, 2.24) is 9.55 Å². The van der Waals surface area contributed by atoms with Gasteiger partial charge in [0.25, 0.3) is 0 Å². The maximum absolute atomic E-state index is 6.14. The number of halogens is 1. The molecule has 2 heterocycles. The van der Waals surface area contributed by atoms with Crippen LogP contribution in [0.5, 0.6) is 5.75 Å². The number of alkyl halides is 1. The van der Waals surface area contributed by atoms with Crippen molar-refractivity contribution in [2.75, 3.05) is 0 Å². The van der Waals surface area contributed by atoms with Crippen LogP contribution >= 0.6 is 23.4 Å². The molecule has 0 aliphatic rings. The number of pyridine rings is 1. The third-order valence-corrected chi connectivity index (χ3v) is 6.97. The van der Waals surface area contributed by atoms with Gasteiger partial charge in [0, 0.05) is 27.1 Å². The monoisotopic (exact) mass is 486 g/mol. The van der Waals surface area contributed by atoms with Crippen molar-refractivity contribution in [3.63, 3.8) is 0 Å². The first-order valence-corrected chi connectivity index (χ1v) is 12.7. The van der Waals surface area contributed by atoms with Crippen LogP contribution in [0.2, 0.25) is 0 Å². The standard InChI is InChI=1S/C29H27ClN2OS/c1-29(2,3)34-28-17-22-16-25(33-19-23-11-10-21-6-4-5-7-26(21)31-23)14-15-27(22)32(28)24-12-8-20(18-30)9-13-24/h4-17H,18-19H2,1-3H3. The molecule has 0 unspecified atom stereocenters. The van der Waals surface area contributed by atoms with Gasteiger partial charge in [0.1, 0.15) is 12.4 Å². The summed E-state index contributed by atoms with van der Waals surface area (Å²) < 4.78 is 8.55. The number of fused-ring (bicyclic) bond motifs is 2. The van der Waals surface area contributed by atoms with Crippen LogP contribution in [-0.4, -0.2) is 14.3 Å². The van der Waals surface area contributed by atoms with Gasteiger partial charge in [-0.05, 0) is 54.1 Å². The summed E-state index contributed by atoms with van der Waals surface area (Å²) in [6, 6.07) is 29.3. The second kappa shape index (κ2) is 9.36. The lowest BCUT2D eigenvalue weighted by molar-refractivity contribution is 0.302. The lowest BCUT2D eigenvalue weighted by Gasteiger charge is -2.19. The van der Waals surface area contributed by atoms with Gasteiger partial charge in [-0.1, -0.05) is 57.2 Å². The summed E-state index contributed by atoms with van der Waals surface area (Å²) in [5.41, 5.74) is 5.30. The van der Waals surface area contributed by atoms with Crippen molar-refractivity contribution in [3.8, 4) is 11.4 Å². The van der Waals surface area contributed by atoms with E-state index < -0.39 is 0 Å². The van der Waals surface area contributed by atoms with Crippen LogP contribution in [0.4, 0.5) is 0 Å². The van der Waals surface area contributed by atoms with E-state index in [1.54, 1.807) is 0 Å². The Morgan fingerprint density at radius 1 is 0.882 bits per heavy atom. The number of hydrogen-bond acceptors (Lipinski definition) is 3. The lowest BCUT2D eigenvalue weighted by Crippen LogP contribution is -2.08. The summed E-state index contributed by atoms with van der Waals surface area (Å²) in [5, 5.41) is 3.49. The first-order valence-electron chi connectivity index (χ1n) is 11.4. The summed E-state index contributed by atoms with van der Waals surface area (Å²) in [4.78, 5) is 4.72. The fraction of sp³-hybridized carbons (Fsp3) is 0.207. The first-order chi connectivity index (χ1) is 16.4. The van der Waals surface area contributed by atoms with Crippen molar-refractivity contribution in [2.45, 2.75) is 43.0 Å². The molecule has 0 aliphatic carbocycles. The van der Waals surface area contributed by atoms with Gasteiger partial charge >= 0.3 is 0 Å². The van der Waals surface area contributed by atoms with Crippen LogP contribution < -0.4 is 4.74 Å². The summed E-state index contributed by atoms with van der Waals surface area (Å²) in [6.45, 7) is 7.14. The van der Waals surface area contributed by atoms with Crippen molar-refractivity contribution >= 4 is 45.2 Å². The molecule has 0 N–H and O–H groups in total. The predicted molar refractivity (Wildman–Crippen MR) is 145 cm³/mol. The quantitative estimate of drug-likeness (QED) is 0.178. The largest absolute Gasteiger partial charge is 0.487 e. The molecule has 0 saturated heterocycles. The zero-order chi connectivity index (χ0) is 23.7. The van der Waals surface area contributed by atoms with Crippen LogP contribution in [0.15, 0.2) is 90.0 Å². The minimum Gasteiger partial charge on any atom is -0.487 e. The maximum Gasteiger partial charge on any atom is 0.130 e. The van der Waals surface area contributed by atoms with Crippen LogP contribution in [0, 0.1) is 0 Å².